The van der Waals surface area contributed by atoms with Crippen LogP contribution in [0.3, 0.4) is 0 Å². The maximum absolute atomic E-state index is 12.9. The van der Waals surface area contributed by atoms with Gasteiger partial charge in [-0.15, -0.1) is 0 Å². The number of allylic oxidation sites excluding steroid dienone is 4. The highest BCUT2D eigenvalue weighted by molar-refractivity contribution is 7.85. The maximum atomic E-state index is 12.9. The monoisotopic (exact) mass is 959 g/mol. The Hall–Kier alpha value is -1.87. The zero-order valence-electron chi connectivity index (χ0n) is 41.8. The Balaban J connectivity index is 2.34. The molecule has 0 aromatic rings. The molecule has 1 aliphatic heterocycles. The summed E-state index contributed by atoms with van der Waals surface area (Å²) >= 11 is 0. The Morgan fingerprint density at radius 3 is 1.36 bits per heavy atom. The van der Waals surface area contributed by atoms with E-state index in [1.54, 1.807) is 0 Å². The van der Waals surface area contributed by atoms with E-state index in [-0.39, 0.29) is 19.4 Å². The van der Waals surface area contributed by atoms with Crippen molar-refractivity contribution in [1.82, 2.24) is 0 Å². The molecule has 0 aliphatic carbocycles. The highest BCUT2D eigenvalue weighted by atomic mass is 32.2. The van der Waals surface area contributed by atoms with Crippen molar-refractivity contribution < 1.29 is 56.8 Å². The van der Waals surface area contributed by atoms with Gasteiger partial charge >= 0.3 is 11.9 Å². The van der Waals surface area contributed by atoms with Gasteiger partial charge in [0, 0.05) is 12.8 Å². The number of esters is 2. The molecule has 388 valence electrons. The van der Waals surface area contributed by atoms with E-state index in [9.17, 15) is 37.9 Å². The molecule has 0 aromatic carbocycles. The number of unbranched alkanes of at least 4 members (excludes halogenated alkanes) is 30. The predicted octanol–water partition coefficient (Wildman–Crippen LogP) is 12.3. The second-order valence-electron chi connectivity index (χ2n) is 18.9. The summed E-state index contributed by atoms with van der Waals surface area (Å²) in [6.45, 7) is 3.77. The first-order valence-corrected chi connectivity index (χ1v) is 28.5. The van der Waals surface area contributed by atoms with E-state index in [0.717, 1.165) is 57.8 Å². The van der Waals surface area contributed by atoms with Crippen LogP contribution in [0.1, 0.15) is 245 Å². The third kappa shape index (κ3) is 37.1. The summed E-state index contributed by atoms with van der Waals surface area (Å²) in [5, 5.41) is 31.0. The van der Waals surface area contributed by atoms with Crippen LogP contribution in [-0.4, -0.2) is 96.0 Å². The van der Waals surface area contributed by atoms with Crippen molar-refractivity contribution in [3.63, 3.8) is 0 Å². The van der Waals surface area contributed by atoms with Gasteiger partial charge in [0.05, 0.1) is 6.61 Å². The van der Waals surface area contributed by atoms with Gasteiger partial charge < -0.3 is 34.3 Å². The largest absolute Gasteiger partial charge is 0.462 e. The Morgan fingerprint density at radius 2 is 0.909 bits per heavy atom. The molecule has 1 heterocycles. The second-order valence-corrected chi connectivity index (χ2v) is 20.4. The number of hydrogen-bond donors (Lipinski definition) is 4. The van der Waals surface area contributed by atoms with E-state index in [1.165, 1.54) is 148 Å². The van der Waals surface area contributed by atoms with Crippen LogP contribution in [0.2, 0.25) is 0 Å². The third-order valence-electron chi connectivity index (χ3n) is 12.5. The highest BCUT2D eigenvalue weighted by Crippen LogP contribution is 2.24. The summed E-state index contributed by atoms with van der Waals surface area (Å²) < 4.78 is 54.3. The Labute approximate surface area is 402 Å². The lowest BCUT2D eigenvalue weighted by Gasteiger charge is -2.40. The summed E-state index contributed by atoms with van der Waals surface area (Å²) in [6, 6.07) is 0. The average Bonchev–Trinajstić information content (AvgIpc) is 3.28. The number of aliphatic hydroxyl groups is 3. The van der Waals surface area contributed by atoms with Crippen LogP contribution in [0.4, 0.5) is 0 Å². The first-order valence-electron chi connectivity index (χ1n) is 26.9. The number of carbonyl (C=O) groups is 2. The molecule has 0 amide bonds. The van der Waals surface area contributed by atoms with Crippen molar-refractivity contribution >= 4 is 22.1 Å². The zero-order valence-corrected chi connectivity index (χ0v) is 42.6. The molecule has 4 N–H and O–H groups in total. The number of hydrogen-bond acceptors (Lipinski definition) is 11. The van der Waals surface area contributed by atoms with Gasteiger partial charge in [0.25, 0.3) is 10.1 Å². The molecule has 0 aromatic heterocycles. The third-order valence-corrected chi connectivity index (χ3v) is 13.3. The van der Waals surface area contributed by atoms with Crippen molar-refractivity contribution in [2.45, 2.75) is 282 Å². The molecular weight excluding hydrogens is 861 g/mol. The predicted molar refractivity (Wildman–Crippen MR) is 266 cm³/mol. The van der Waals surface area contributed by atoms with E-state index in [4.69, 9.17) is 18.9 Å². The van der Waals surface area contributed by atoms with E-state index in [0.29, 0.717) is 12.8 Å². The minimum absolute atomic E-state index is 0.158. The average molecular weight is 959 g/mol. The van der Waals surface area contributed by atoms with E-state index >= 15 is 0 Å². The van der Waals surface area contributed by atoms with Crippen LogP contribution in [0, 0.1) is 0 Å². The first-order chi connectivity index (χ1) is 32.0. The summed E-state index contributed by atoms with van der Waals surface area (Å²) in [4.78, 5) is 25.6. The molecule has 66 heavy (non-hydrogen) atoms. The number of ether oxygens (including phenoxy) is 4. The van der Waals surface area contributed by atoms with Crippen molar-refractivity contribution in [2.24, 2.45) is 0 Å². The van der Waals surface area contributed by atoms with E-state index < -0.39 is 71.2 Å². The number of rotatable bonds is 46. The van der Waals surface area contributed by atoms with E-state index in [1.807, 2.05) is 0 Å². The van der Waals surface area contributed by atoms with Crippen molar-refractivity contribution in [1.29, 1.82) is 0 Å². The van der Waals surface area contributed by atoms with Crippen molar-refractivity contribution in [2.75, 3.05) is 19.0 Å². The summed E-state index contributed by atoms with van der Waals surface area (Å²) in [7, 11) is -4.60. The molecule has 12 nitrogen and oxygen atoms in total. The van der Waals surface area contributed by atoms with Gasteiger partial charge in [-0.3, -0.25) is 14.1 Å². The fourth-order valence-corrected chi connectivity index (χ4v) is 9.05. The van der Waals surface area contributed by atoms with Gasteiger partial charge in [-0.05, 0) is 44.9 Å². The van der Waals surface area contributed by atoms with Crippen molar-refractivity contribution in [3.05, 3.63) is 24.3 Å². The molecule has 0 bridgehead atoms. The van der Waals surface area contributed by atoms with Crippen LogP contribution in [0.15, 0.2) is 24.3 Å². The topological polar surface area (TPSA) is 186 Å². The van der Waals surface area contributed by atoms with Gasteiger partial charge in [0.2, 0.25) is 0 Å². The Bertz CT molecular complexity index is 1310. The van der Waals surface area contributed by atoms with Crippen LogP contribution < -0.4 is 0 Å². The quantitative estimate of drug-likeness (QED) is 0.0196. The second kappa shape index (κ2) is 43.2. The minimum Gasteiger partial charge on any atom is -0.462 e. The molecule has 1 aliphatic rings. The van der Waals surface area contributed by atoms with Crippen LogP contribution in [0.25, 0.3) is 0 Å². The maximum Gasteiger partial charge on any atom is 0.306 e. The highest BCUT2D eigenvalue weighted by Gasteiger charge is 2.46. The molecular formula is C53H98O12S. The summed E-state index contributed by atoms with van der Waals surface area (Å²) in [6.07, 6.45) is 40.7. The first kappa shape index (κ1) is 62.1. The van der Waals surface area contributed by atoms with Gasteiger partial charge in [-0.25, -0.2) is 0 Å². The summed E-state index contributed by atoms with van der Waals surface area (Å²) in [5.41, 5.74) is 0. The fraction of sp³-hybridized carbons (Fsp3) is 0.887. The van der Waals surface area contributed by atoms with Crippen LogP contribution in [-0.2, 0) is 38.7 Å². The van der Waals surface area contributed by atoms with Crippen LogP contribution >= 0.6 is 0 Å². The molecule has 1 rings (SSSR count). The zero-order chi connectivity index (χ0) is 48.4. The van der Waals surface area contributed by atoms with Gasteiger partial charge in [0.1, 0.15) is 36.8 Å². The smallest absolute Gasteiger partial charge is 0.306 e. The van der Waals surface area contributed by atoms with Crippen molar-refractivity contribution in [3.8, 4) is 0 Å². The minimum atomic E-state index is -4.60. The molecule has 0 spiro atoms. The van der Waals surface area contributed by atoms with E-state index in [2.05, 4.69) is 38.2 Å². The lowest BCUT2D eigenvalue weighted by molar-refractivity contribution is -0.297. The molecule has 2 unspecified atom stereocenters. The molecule has 0 saturated carbocycles. The lowest BCUT2D eigenvalue weighted by Crippen LogP contribution is -2.60. The molecule has 1 fully saturated rings. The Morgan fingerprint density at radius 1 is 0.515 bits per heavy atom. The van der Waals surface area contributed by atoms with Gasteiger partial charge in [-0.1, -0.05) is 212 Å². The molecule has 0 radical (unpaired) electrons. The lowest BCUT2D eigenvalue weighted by atomic mass is 10.00. The van der Waals surface area contributed by atoms with Gasteiger partial charge in [-0.2, -0.15) is 8.42 Å². The normalized spacial score (nSPS) is 19.5. The molecule has 1 saturated heterocycles. The SMILES string of the molecule is CCCCC/C=C/C/C=C/CCCCCCCCCC(=O)O[C@H](COC(=O)CCCCCCCCCCCCCCCCCCCCCCC)CO[C@H]1O[C@H](CS(=O)(=O)O)[C@@H](O)C(O)C1O. The van der Waals surface area contributed by atoms with Crippen LogP contribution in [0.5, 0.6) is 0 Å². The molecule has 6 atom stereocenters. The standard InChI is InChI=1S/C53H98O12S/c1-3-5-7-9-11-13-15-17-19-21-22-23-24-26-27-29-31-33-35-37-39-41-48(54)62-43-46(44-63-53-52(58)51(57)50(56)47(65-53)45-66(59,60)61)64-49(55)42-40-38-36-34-32-30-28-25-20-18-16-14-12-10-8-6-4-2/h12,14,18,20,46-47,50-53,56-58H,3-11,13,15-17,19,21-45H2,1-2H3,(H,59,60,61)/b14-12+,20-18+/t46-,47-,50-,51?,52?,53+/m1/s1. The number of aliphatic hydroxyl groups excluding tert-OH is 3. The molecule has 13 heteroatoms. The van der Waals surface area contributed by atoms with Gasteiger partial charge in [0.15, 0.2) is 12.4 Å². The Kier molecular flexibility index (Phi) is 40.7. The number of carbonyl (C=O) groups excluding carboxylic acids is 2. The summed E-state index contributed by atoms with van der Waals surface area (Å²) in [5.74, 6) is -1.98. The fourth-order valence-electron chi connectivity index (χ4n) is 8.36.